The number of aromatic amines is 1. The molecule has 1 aromatic carbocycles. The Morgan fingerprint density at radius 2 is 2.37 bits per heavy atom. The van der Waals surface area contributed by atoms with Crippen LogP contribution in [0.25, 0.3) is 10.9 Å². The monoisotopic (exact) mass is 267 g/mol. The van der Waals surface area contributed by atoms with Gasteiger partial charge in [-0.1, -0.05) is 0 Å². The number of nitrogens with zero attached hydrogens (tertiary/aromatic N) is 1. The first-order chi connectivity index (χ1) is 8.95. The molecule has 7 heteroatoms. The summed E-state index contributed by atoms with van der Waals surface area (Å²) in [5.41, 5.74) is 6.85. The standard InChI is InChI=1S/C12H14FN3O3/c1-5-10-7(3-6(14)12(17)18)15-16-8(10)4-9(19-2)11(5)13/h4,6H,3,14H2,1-2H3,(H,15,16)(H,17,18). The molecule has 19 heavy (non-hydrogen) atoms. The van der Waals surface area contributed by atoms with E-state index in [0.717, 1.165) is 0 Å². The molecular weight excluding hydrogens is 253 g/mol. The summed E-state index contributed by atoms with van der Waals surface area (Å²) in [6.45, 7) is 1.59. The molecule has 0 spiro atoms. The van der Waals surface area contributed by atoms with Crippen molar-refractivity contribution in [1.82, 2.24) is 10.2 Å². The van der Waals surface area contributed by atoms with Gasteiger partial charge in [0.25, 0.3) is 0 Å². The Morgan fingerprint density at radius 1 is 1.68 bits per heavy atom. The van der Waals surface area contributed by atoms with Crippen LogP contribution in [0.4, 0.5) is 4.39 Å². The molecule has 0 amide bonds. The SMILES string of the molecule is COc1cc2n[nH]c(CC(N)C(=O)O)c2c(C)c1F. The number of fused-ring (bicyclic) bond motifs is 1. The number of halogens is 1. The molecular formula is C12H14FN3O3. The molecule has 1 unspecified atom stereocenters. The number of nitrogens with one attached hydrogen (secondary N) is 1. The first kappa shape index (κ1) is 13.3. The fraction of sp³-hybridized carbons (Fsp3) is 0.333. The second-order valence-electron chi connectivity index (χ2n) is 4.26. The zero-order chi connectivity index (χ0) is 14.2. The van der Waals surface area contributed by atoms with Gasteiger partial charge in [0.2, 0.25) is 0 Å². The number of H-pyrrole nitrogens is 1. The summed E-state index contributed by atoms with van der Waals surface area (Å²) in [5.74, 6) is -1.50. The van der Waals surface area contributed by atoms with Gasteiger partial charge in [0.05, 0.1) is 12.6 Å². The average Bonchev–Trinajstić information content (AvgIpc) is 2.76. The predicted molar refractivity (Wildman–Crippen MR) is 66.7 cm³/mol. The maximum absolute atomic E-state index is 14.0. The van der Waals surface area contributed by atoms with E-state index < -0.39 is 17.8 Å². The molecule has 0 radical (unpaired) electrons. The summed E-state index contributed by atoms with van der Waals surface area (Å²) in [4.78, 5) is 10.8. The molecule has 0 aliphatic heterocycles. The average molecular weight is 267 g/mol. The molecule has 1 atom stereocenters. The first-order valence-electron chi connectivity index (χ1n) is 5.64. The Hall–Kier alpha value is -2.15. The van der Waals surface area contributed by atoms with Crippen molar-refractivity contribution in [3.63, 3.8) is 0 Å². The van der Waals surface area contributed by atoms with E-state index in [1.165, 1.54) is 13.2 Å². The van der Waals surface area contributed by atoms with Gasteiger partial charge in [0.15, 0.2) is 11.6 Å². The zero-order valence-electron chi connectivity index (χ0n) is 10.5. The Kier molecular flexibility index (Phi) is 3.39. The molecule has 0 aliphatic rings. The van der Waals surface area contributed by atoms with Gasteiger partial charge in [0.1, 0.15) is 6.04 Å². The van der Waals surface area contributed by atoms with Gasteiger partial charge in [-0.05, 0) is 12.5 Å². The van der Waals surface area contributed by atoms with Crippen molar-refractivity contribution in [1.29, 1.82) is 0 Å². The predicted octanol–water partition coefficient (Wildman–Crippen LogP) is 0.973. The number of rotatable bonds is 4. The van der Waals surface area contributed by atoms with Crippen molar-refractivity contribution in [2.75, 3.05) is 7.11 Å². The van der Waals surface area contributed by atoms with Gasteiger partial charge in [-0.25, -0.2) is 4.39 Å². The number of methoxy groups -OCH3 is 1. The molecule has 0 aliphatic carbocycles. The molecule has 1 heterocycles. The van der Waals surface area contributed by atoms with Gasteiger partial charge >= 0.3 is 5.97 Å². The van der Waals surface area contributed by atoms with Crippen LogP contribution in [0, 0.1) is 12.7 Å². The summed E-state index contributed by atoms with van der Waals surface area (Å²) in [7, 11) is 1.37. The fourth-order valence-electron chi connectivity index (χ4n) is 2.00. The molecule has 4 N–H and O–H groups in total. The van der Waals surface area contributed by atoms with Crippen molar-refractivity contribution < 1.29 is 19.0 Å². The second kappa shape index (κ2) is 4.85. The van der Waals surface area contributed by atoms with Crippen LogP contribution in [-0.4, -0.2) is 34.4 Å². The van der Waals surface area contributed by atoms with E-state index in [1.54, 1.807) is 6.92 Å². The quantitative estimate of drug-likeness (QED) is 0.766. The number of nitrogens with two attached hydrogens (primary N) is 1. The highest BCUT2D eigenvalue weighted by atomic mass is 19.1. The largest absolute Gasteiger partial charge is 0.494 e. The minimum Gasteiger partial charge on any atom is -0.494 e. The highest BCUT2D eigenvalue weighted by Crippen LogP contribution is 2.30. The number of carboxylic acid groups (broad SMARTS) is 1. The van der Waals surface area contributed by atoms with Crippen LogP contribution in [-0.2, 0) is 11.2 Å². The third-order valence-electron chi connectivity index (χ3n) is 3.02. The Labute approximate surface area is 108 Å². The van der Waals surface area contributed by atoms with Crippen LogP contribution in [0.1, 0.15) is 11.3 Å². The van der Waals surface area contributed by atoms with Crippen LogP contribution >= 0.6 is 0 Å². The molecule has 2 aromatic rings. The summed E-state index contributed by atoms with van der Waals surface area (Å²) in [5, 5.41) is 16.1. The maximum atomic E-state index is 14.0. The molecule has 2 rings (SSSR count). The van der Waals surface area contributed by atoms with E-state index in [1.807, 2.05) is 0 Å². The smallest absolute Gasteiger partial charge is 0.320 e. The number of aliphatic carboxylic acids is 1. The lowest BCUT2D eigenvalue weighted by molar-refractivity contribution is -0.138. The highest BCUT2D eigenvalue weighted by Gasteiger charge is 2.20. The van der Waals surface area contributed by atoms with E-state index in [2.05, 4.69) is 10.2 Å². The van der Waals surface area contributed by atoms with Crippen LogP contribution in [0.15, 0.2) is 6.07 Å². The van der Waals surface area contributed by atoms with E-state index >= 15 is 0 Å². The normalized spacial score (nSPS) is 12.6. The summed E-state index contributed by atoms with van der Waals surface area (Å²) >= 11 is 0. The number of hydrogen-bond donors (Lipinski definition) is 3. The lowest BCUT2D eigenvalue weighted by atomic mass is 10.0. The van der Waals surface area contributed by atoms with Gasteiger partial charge in [-0.2, -0.15) is 5.10 Å². The summed E-state index contributed by atoms with van der Waals surface area (Å²) < 4.78 is 18.9. The summed E-state index contributed by atoms with van der Waals surface area (Å²) in [6, 6.07) is 0.400. The van der Waals surface area contributed by atoms with E-state index in [9.17, 15) is 9.18 Å². The van der Waals surface area contributed by atoms with Crippen molar-refractivity contribution in [3.8, 4) is 5.75 Å². The second-order valence-corrected chi connectivity index (χ2v) is 4.26. The fourth-order valence-corrected chi connectivity index (χ4v) is 2.00. The van der Waals surface area contributed by atoms with Crippen molar-refractivity contribution in [2.45, 2.75) is 19.4 Å². The Balaban J connectivity index is 2.54. The van der Waals surface area contributed by atoms with Crippen LogP contribution < -0.4 is 10.5 Å². The Morgan fingerprint density at radius 3 is 2.95 bits per heavy atom. The van der Waals surface area contributed by atoms with Gasteiger partial charge in [0, 0.05) is 23.6 Å². The zero-order valence-corrected chi connectivity index (χ0v) is 10.5. The van der Waals surface area contributed by atoms with E-state index in [4.69, 9.17) is 15.6 Å². The van der Waals surface area contributed by atoms with Crippen molar-refractivity contribution in [3.05, 3.63) is 23.1 Å². The third-order valence-corrected chi connectivity index (χ3v) is 3.02. The van der Waals surface area contributed by atoms with Gasteiger partial charge in [-0.15, -0.1) is 0 Å². The number of carbonyl (C=O) groups is 1. The number of hydrogen-bond acceptors (Lipinski definition) is 4. The topological polar surface area (TPSA) is 101 Å². The van der Waals surface area contributed by atoms with E-state index in [-0.39, 0.29) is 12.2 Å². The highest BCUT2D eigenvalue weighted by molar-refractivity contribution is 5.87. The number of ether oxygens (including phenoxy) is 1. The molecule has 0 saturated heterocycles. The first-order valence-corrected chi connectivity index (χ1v) is 5.64. The lowest BCUT2D eigenvalue weighted by Crippen LogP contribution is -2.32. The van der Waals surface area contributed by atoms with Crippen molar-refractivity contribution in [2.24, 2.45) is 5.73 Å². The third kappa shape index (κ3) is 2.24. The number of carboxylic acids is 1. The minimum atomic E-state index is -1.12. The maximum Gasteiger partial charge on any atom is 0.320 e. The van der Waals surface area contributed by atoms with Gasteiger partial charge < -0.3 is 15.6 Å². The molecule has 6 nitrogen and oxygen atoms in total. The number of aryl methyl sites for hydroxylation is 1. The lowest BCUT2D eigenvalue weighted by Gasteiger charge is -2.08. The molecule has 0 bridgehead atoms. The molecule has 1 aromatic heterocycles. The van der Waals surface area contributed by atoms with Crippen LogP contribution in [0.5, 0.6) is 5.75 Å². The molecule has 0 fully saturated rings. The van der Waals surface area contributed by atoms with Crippen LogP contribution in [0.3, 0.4) is 0 Å². The number of benzene rings is 1. The molecule has 102 valence electrons. The molecule has 0 saturated carbocycles. The van der Waals surface area contributed by atoms with Crippen LogP contribution in [0.2, 0.25) is 0 Å². The Bertz CT molecular complexity index is 639. The van der Waals surface area contributed by atoms with E-state index in [0.29, 0.717) is 22.2 Å². The minimum absolute atomic E-state index is 0.0540. The van der Waals surface area contributed by atoms with Crippen molar-refractivity contribution >= 4 is 16.9 Å². The van der Waals surface area contributed by atoms with Gasteiger partial charge in [-0.3, -0.25) is 9.89 Å². The summed E-state index contributed by atoms with van der Waals surface area (Å²) in [6.07, 6.45) is 0.0540. The number of aromatic nitrogens is 2.